The standard InChI is InChI=1S/C28H35N3O5/c1-19(2)16-23(30-27(33)21-10-6-12-25-26(21)36-15-14-35-25)28(34)29-22-11-7-13-31(18-24(22)32)17-20-8-4-3-5-9-20/h3-6,8-10,12,19,22-23H,7,11,13-18H2,1-2H3,(H,29,34)(H,30,33). The van der Waals surface area contributed by atoms with Crippen LogP contribution < -0.4 is 20.1 Å². The van der Waals surface area contributed by atoms with Crippen molar-refractivity contribution in [2.24, 2.45) is 5.92 Å². The number of ketones is 1. The summed E-state index contributed by atoms with van der Waals surface area (Å²) in [5.74, 6) is 0.323. The lowest BCUT2D eigenvalue weighted by Gasteiger charge is -2.25. The lowest BCUT2D eigenvalue weighted by atomic mass is 10.0. The van der Waals surface area contributed by atoms with E-state index >= 15 is 0 Å². The number of Topliss-reactive ketones (excluding diaryl/α,β-unsaturated/α-hetero) is 1. The van der Waals surface area contributed by atoms with Crippen molar-refractivity contribution in [3.8, 4) is 11.5 Å². The topological polar surface area (TPSA) is 97.0 Å². The largest absolute Gasteiger partial charge is 0.486 e. The number of amides is 2. The quantitative estimate of drug-likeness (QED) is 0.587. The number of ether oxygens (including phenoxy) is 2. The Labute approximate surface area is 212 Å². The summed E-state index contributed by atoms with van der Waals surface area (Å²) in [5.41, 5.74) is 1.49. The minimum Gasteiger partial charge on any atom is -0.486 e. The SMILES string of the molecule is CC(C)CC(NC(=O)c1cccc2c1OCCO2)C(=O)NC1CCCN(Cc2ccccc2)CC1=O. The van der Waals surface area contributed by atoms with Gasteiger partial charge in [0.15, 0.2) is 17.3 Å². The highest BCUT2D eigenvalue weighted by molar-refractivity contribution is 6.01. The fraction of sp³-hybridized carbons (Fsp3) is 0.464. The van der Waals surface area contributed by atoms with Gasteiger partial charge in [0.1, 0.15) is 19.3 Å². The molecular weight excluding hydrogens is 458 g/mol. The van der Waals surface area contributed by atoms with Gasteiger partial charge < -0.3 is 20.1 Å². The van der Waals surface area contributed by atoms with Crippen molar-refractivity contribution >= 4 is 17.6 Å². The van der Waals surface area contributed by atoms with Crippen LogP contribution in [-0.2, 0) is 16.1 Å². The third kappa shape index (κ3) is 6.63. The van der Waals surface area contributed by atoms with Crippen molar-refractivity contribution in [1.82, 2.24) is 15.5 Å². The molecule has 0 spiro atoms. The summed E-state index contributed by atoms with van der Waals surface area (Å²) in [5, 5.41) is 5.80. The summed E-state index contributed by atoms with van der Waals surface area (Å²) in [6.45, 7) is 6.55. The van der Waals surface area contributed by atoms with Crippen LogP contribution in [0.5, 0.6) is 11.5 Å². The molecule has 36 heavy (non-hydrogen) atoms. The van der Waals surface area contributed by atoms with E-state index in [2.05, 4.69) is 27.7 Å². The Morgan fingerprint density at radius 3 is 2.61 bits per heavy atom. The number of likely N-dealkylation sites (tertiary alicyclic amines) is 1. The predicted octanol–water partition coefficient (Wildman–Crippen LogP) is 2.95. The Balaban J connectivity index is 1.40. The van der Waals surface area contributed by atoms with E-state index in [9.17, 15) is 14.4 Å². The van der Waals surface area contributed by atoms with Gasteiger partial charge in [-0.05, 0) is 49.4 Å². The molecule has 2 aliphatic heterocycles. The fourth-order valence-electron chi connectivity index (χ4n) is 4.68. The number of hydrogen-bond donors (Lipinski definition) is 2. The molecule has 0 saturated carbocycles. The van der Waals surface area contributed by atoms with Gasteiger partial charge in [0.2, 0.25) is 5.91 Å². The first kappa shape index (κ1) is 25.7. The third-order valence-corrected chi connectivity index (χ3v) is 6.44. The van der Waals surface area contributed by atoms with E-state index in [4.69, 9.17) is 9.47 Å². The number of hydrogen-bond acceptors (Lipinski definition) is 6. The van der Waals surface area contributed by atoms with Gasteiger partial charge in [-0.1, -0.05) is 50.2 Å². The van der Waals surface area contributed by atoms with Gasteiger partial charge in [0.25, 0.3) is 5.91 Å². The number of fused-ring (bicyclic) bond motifs is 1. The van der Waals surface area contributed by atoms with Gasteiger partial charge in [-0.3, -0.25) is 19.3 Å². The van der Waals surface area contributed by atoms with Crippen LogP contribution in [0.4, 0.5) is 0 Å². The van der Waals surface area contributed by atoms with Crippen molar-refractivity contribution in [3.63, 3.8) is 0 Å². The second-order valence-corrected chi connectivity index (χ2v) is 9.85. The molecule has 2 heterocycles. The number of nitrogens with zero attached hydrogens (tertiary/aromatic N) is 1. The molecule has 2 N–H and O–H groups in total. The second-order valence-electron chi connectivity index (χ2n) is 9.85. The van der Waals surface area contributed by atoms with Crippen LogP contribution in [0.1, 0.15) is 49.0 Å². The van der Waals surface area contributed by atoms with E-state index in [1.165, 1.54) is 0 Å². The number of nitrogens with one attached hydrogen (secondary N) is 2. The Morgan fingerprint density at radius 2 is 1.83 bits per heavy atom. The summed E-state index contributed by atoms with van der Waals surface area (Å²) >= 11 is 0. The van der Waals surface area contributed by atoms with Gasteiger partial charge >= 0.3 is 0 Å². The van der Waals surface area contributed by atoms with E-state index in [-0.39, 0.29) is 24.2 Å². The number of benzene rings is 2. The molecule has 0 aliphatic carbocycles. The van der Waals surface area contributed by atoms with Crippen molar-refractivity contribution in [2.45, 2.75) is 51.7 Å². The molecule has 0 radical (unpaired) electrons. The molecule has 4 rings (SSSR count). The van der Waals surface area contributed by atoms with Gasteiger partial charge in [0.05, 0.1) is 18.2 Å². The summed E-state index contributed by atoms with van der Waals surface area (Å²) in [4.78, 5) is 41.6. The first-order valence-corrected chi connectivity index (χ1v) is 12.7. The zero-order valence-electron chi connectivity index (χ0n) is 21.0. The Kier molecular flexibility index (Phi) is 8.59. The van der Waals surface area contributed by atoms with Crippen molar-refractivity contribution in [3.05, 3.63) is 59.7 Å². The van der Waals surface area contributed by atoms with E-state index < -0.39 is 18.0 Å². The number of rotatable bonds is 8. The molecule has 192 valence electrons. The molecule has 2 aliphatic rings. The van der Waals surface area contributed by atoms with Crippen LogP contribution in [0.2, 0.25) is 0 Å². The van der Waals surface area contributed by atoms with Crippen LogP contribution in [0.3, 0.4) is 0 Å². The summed E-state index contributed by atoms with van der Waals surface area (Å²) in [6.07, 6.45) is 1.83. The average molecular weight is 494 g/mol. The van der Waals surface area contributed by atoms with Gasteiger partial charge in [-0.2, -0.15) is 0 Å². The van der Waals surface area contributed by atoms with E-state index in [0.717, 1.165) is 18.5 Å². The van der Waals surface area contributed by atoms with E-state index in [1.807, 2.05) is 32.0 Å². The molecule has 8 heteroatoms. The maximum absolute atomic E-state index is 13.3. The normalized spacial score (nSPS) is 18.9. The van der Waals surface area contributed by atoms with Crippen molar-refractivity contribution in [2.75, 3.05) is 26.3 Å². The highest BCUT2D eigenvalue weighted by Crippen LogP contribution is 2.33. The lowest BCUT2D eigenvalue weighted by Crippen LogP contribution is -2.52. The minimum absolute atomic E-state index is 0.00548. The molecule has 1 saturated heterocycles. The lowest BCUT2D eigenvalue weighted by molar-refractivity contribution is -0.129. The maximum Gasteiger partial charge on any atom is 0.255 e. The van der Waals surface area contributed by atoms with Gasteiger partial charge in [-0.15, -0.1) is 0 Å². The molecule has 8 nitrogen and oxygen atoms in total. The Hall–Kier alpha value is -3.39. The predicted molar refractivity (Wildman–Crippen MR) is 136 cm³/mol. The first-order chi connectivity index (χ1) is 17.4. The van der Waals surface area contributed by atoms with Crippen molar-refractivity contribution < 1.29 is 23.9 Å². The average Bonchev–Trinajstić information content (AvgIpc) is 3.04. The highest BCUT2D eigenvalue weighted by Gasteiger charge is 2.31. The second kappa shape index (κ2) is 12.0. The molecule has 2 aromatic rings. The van der Waals surface area contributed by atoms with Gasteiger partial charge in [0, 0.05) is 6.54 Å². The molecule has 2 atom stereocenters. The number of carbonyl (C=O) groups excluding carboxylic acids is 3. The summed E-state index contributed by atoms with van der Waals surface area (Å²) < 4.78 is 11.2. The van der Waals surface area contributed by atoms with E-state index in [0.29, 0.717) is 49.7 Å². The molecule has 2 amide bonds. The molecule has 2 unspecified atom stereocenters. The summed E-state index contributed by atoms with van der Waals surface area (Å²) in [7, 11) is 0. The van der Waals surface area contributed by atoms with E-state index in [1.54, 1.807) is 18.2 Å². The highest BCUT2D eigenvalue weighted by atomic mass is 16.6. The van der Waals surface area contributed by atoms with Crippen LogP contribution in [0.15, 0.2) is 48.5 Å². The molecule has 0 aromatic heterocycles. The third-order valence-electron chi connectivity index (χ3n) is 6.44. The molecule has 0 bridgehead atoms. The minimum atomic E-state index is -0.769. The first-order valence-electron chi connectivity index (χ1n) is 12.7. The molecule has 2 aromatic carbocycles. The van der Waals surface area contributed by atoms with Gasteiger partial charge in [-0.25, -0.2) is 0 Å². The zero-order valence-corrected chi connectivity index (χ0v) is 21.0. The summed E-state index contributed by atoms with van der Waals surface area (Å²) in [6, 6.07) is 13.9. The molecule has 1 fully saturated rings. The monoisotopic (exact) mass is 493 g/mol. The fourth-order valence-corrected chi connectivity index (χ4v) is 4.68. The van der Waals surface area contributed by atoms with Crippen LogP contribution in [-0.4, -0.2) is 60.9 Å². The Bertz CT molecular complexity index is 1070. The number of para-hydroxylation sites is 1. The smallest absolute Gasteiger partial charge is 0.255 e. The Morgan fingerprint density at radius 1 is 1.06 bits per heavy atom. The zero-order chi connectivity index (χ0) is 25.5. The van der Waals surface area contributed by atoms with Crippen molar-refractivity contribution in [1.29, 1.82) is 0 Å². The number of carbonyl (C=O) groups is 3. The van der Waals surface area contributed by atoms with Crippen LogP contribution in [0, 0.1) is 5.92 Å². The van der Waals surface area contributed by atoms with Crippen LogP contribution >= 0.6 is 0 Å². The molecular formula is C28H35N3O5. The maximum atomic E-state index is 13.3. The van der Waals surface area contributed by atoms with Crippen LogP contribution in [0.25, 0.3) is 0 Å².